The van der Waals surface area contributed by atoms with Crippen molar-refractivity contribution in [2.45, 2.75) is 32.9 Å². The zero-order valence-electron chi connectivity index (χ0n) is 15.1. The van der Waals surface area contributed by atoms with Crippen molar-refractivity contribution >= 4 is 23.4 Å². The molecular formula is C21H23ClN2O2. The molecule has 0 bridgehead atoms. The van der Waals surface area contributed by atoms with Gasteiger partial charge in [0, 0.05) is 29.7 Å². The molecular weight excluding hydrogens is 348 g/mol. The number of carbonyl (C=O) groups is 2. The van der Waals surface area contributed by atoms with Crippen LogP contribution in [-0.2, 0) is 11.3 Å². The average molecular weight is 371 g/mol. The molecule has 0 spiro atoms. The van der Waals surface area contributed by atoms with Crippen molar-refractivity contribution in [3.05, 3.63) is 70.2 Å². The average Bonchev–Trinajstić information content (AvgIpc) is 2.65. The third-order valence-electron chi connectivity index (χ3n) is 4.84. The zero-order valence-corrected chi connectivity index (χ0v) is 15.9. The third kappa shape index (κ3) is 4.07. The van der Waals surface area contributed by atoms with Crippen molar-refractivity contribution in [2.24, 2.45) is 0 Å². The molecule has 1 atom stereocenters. The van der Waals surface area contributed by atoms with Crippen molar-refractivity contribution in [1.82, 2.24) is 9.80 Å². The summed E-state index contributed by atoms with van der Waals surface area (Å²) in [7, 11) is 0. The van der Waals surface area contributed by atoms with E-state index in [4.69, 9.17) is 11.6 Å². The van der Waals surface area contributed by atoms with Crippen LogP contribution >= 0.6 is 11.6 Å². The molecule has 0 aliphatic carbocycles. The molecule has 1 aliphatic rings. The van der Waals surface area contributed by atoms with Crippen molar-refractivity contribution in [1.29, 1.82) is 0 Å². The maximum Gasteiger partial charge on any atom is 0.254 e. The molecule has 1 heterocycles. The van der Waals surface area contributed by atoms with Crippen LogP contribution in [0.3, 0.4) is 0 Å². The van der Waals surface area contributed by atoms with E-state index in [-0.39, 0.29) is 24.4 Å². The lowest BCUT2D eigenvalue weighted by molar-refractivity contribution is -0.139. The van der Waals surface area contributed by atoms with Crippen molar-refractivity contribution in [3.8, 4) is 0 Å². The Balaban J connectivity index is 1.73. The Morgan fingerprint density at radius 2 is 1.77 bits per heavy atom. The van der Waals surface area contributed by atoms with Crippen molar-refractivity contribution in [3.63, 3.8) is 0 Å². The minimum Gasteiger partial charge on any atom is -0.332 e. The number of hydrogen-bond acceptors (Lipinski definition) is 2. The number of benzene rings is 2. The normalized spacial score (nSPS) is 17.5. The van der Waals surface area contributed by atoms with Crippen LogP contribution in [0.15, 0.2) is 48.5 Å². The van der Waals surface area contributed by atoms with Gasteiger partial charge >= 0.3 is 0 Å². The highest BCUT2D eigenvalue weighted by molar-refractivity contribution is 6.30. The predicted octanol–water partition coefficient (Wildman–Crippen LogP) is 3.91. The highest BCUT2D eigenvalue weighted by Gasteiger charge is 2.34. The fourth-order valence-corrected chi connectivity index (χ4v) is 3.39. The number of piperazine rings is 1. The molecule has 2 amide bonds. The molecule has 4 nitrogen and oxygen atoms in total. The van der Waals surface area contributed by atoms with E-state index in [0.29, 0.717) is 23.7 Å². The fraction of sp³-hybridized carbons (Fsp3) is 0.333. The van der Waals surface area contributed by atoms with Gasteiger partial charge in [0.25, 0.3) is 5.91 Å². The van der Waals surface area contributed by atoms with Crippen molar-refractivity contribution in [2.75, 3.05) is 13.1 Å². The molecule has 2 aromatic rings. The summed E-state index contributed by atoms with van der Waals surface area (Å²) in [6.07, 6.45) is 0.808. The second-order valence-corrected chi connectivity index (χ2v) is 7.20. The van der Waals surface area contributed by atoms with Gasteiger partial charge in [-0.1, -0.05) is 48.4 Å². The molecule has 0 N–H and O–H groups in total. The number of nitrogens with zero attached hydrogens (tertiary/aromatic N) is 2. The summed E-state index contributed by atoms with van der Waals surface area (Å²) in [5.74, 6) is -0.130. The van der Waals surface area contributed by atoms with Gasteiger partial charge in [0.2, 0.25) is 5.91 Å². The van der Waals surface area contributed by atoms with Crippen LogP contribution in [0.1, 0.15) is 34.8 Å². The molecule has 1 saturated heterocycles. The molecule has 5 heteroatoms. The lowest BCUT2D eigenvalue weighted by atomic mass is 10.1. The van der Waals surface area contributed by atoms with Crippen molar-refractivity contribution < 1.29 is 9.59 Å². The molecule has 1 unspecified atom stereocenters. The van der Waals surface area contributed by atoms with Gasteiger partial charge in [-0.05, 0) is 43.2 Å². The molecule has 2 aromatic carbocycles. The topological polar surface area (TPSA) is 40.6 Å². The third-order valence-corrected chi connectivity index (χ3v) is 5.09. The SMILES string of the molecule is CCC1CN(C(=O)c2ccc(Cl)cc2)CC(=O)N1Cc1ccc(C)cc1. The first kappa shape index (κ1) is 18.5. The maximum atomic E-state index is 12.7. The Labute approximate surface area is 159 Å². The summed E-state index contributed by atoms with van der Waals surface area (Å²) >= 11 is 5.89. The van der Waals surface area contributed by atoms with Gasteiger partial charge in [-0.3, -0.25) is 9.59 Å². The fourth-order valence-electron chi connectivity index (χ4n) is 3.26. The Kier molecular flexibility index (Phi) is 5.62. The number of rotatable bonds is 4. The number of aryl methyl sites for hydroxylation is 1. The minimum absolute atomic E-state index is 0.00834. The van der Waals surface area contributed by atoms with E-state index in [1.54, 1.807) is 29.2 Å². The van der Waals surface area contributed by atoms with Gasteiger partial charge in [-0.2, -0.15) is 0 Å². The van der Waals surface area contributed by atoms with Crippen LogP contribution in [0.4, 0.5) is 0 Å². The van der Waals surface area contributed by atoms with E-state index >= 15 is 0 Å². The summed E-state index contributed by atoms with van der Waals surface area (Å²) in [4.78, 5) is 29.0. The van der Waals surface area contributed by atoms with E-state index < -0.39 is 0 Å². The standard InChI is InChI=1S/C21H23ClN2O2/c1-3-19-13-23(21(26)17-8-10-18(22)11-9-17)14-20(25)24(19)12-16-6-4-15(2)5-7-16/h4-11,19H,3,12-14H2,1-2H3. The van der Waals surface area contributed by atoms with Crippen LogP contribution in [0.5, 0.6) is 0 Å². The minimum atomic E-state index is -0.122. The Morgan fingerprint density at radius 1 is 1.12 bits per heavy atom. The first-order valence-corrected chi connectivity index (χ1v) is 9.25. The molecule has 0 saturated carbocycles. The largest absolute Gasteiger partial charge is 0.332 e. The van der Waals surface area contributed by atoms with E-state index in [1.165, 1.54) is 5.56 Å². The van der Waals surface area contributed by atoms with Crippen LogP contribution in [0.25, 0.3) is 0 Å². The highest BCUT2D eigenvalue weighted by Crippen LogP contribution is 2.20. The Morgan fingerprint density at radius 3 is 2.38 bits per heavy atom. The Bertz CT molecular complexity index is 787. The zero-order chi connectivity index (χ0) is 18.7. The number of halogens is 1. The second-order valence-electron chi connectivity index (χ2n) is 6.76. The van der Waals surface area contributed by atoms with E-state index in [1.807, 2.05) is 11.8 Å². The number of hydrogen-bond donors (Lipinski definition) is 0. The molecule has 1 aliphatic heterocycles. The molecule has 1 fully saturated rings. The van der Waals surface area contributed by atoms with Gasteiger partial charge in [-0.15, -0.1) is 0 Å². The molecule has 3 rings (SSSR count). The van der Waals surface area contributed by atoms with Crippen LogP contribution in [0, 0.1) is 6.92 Å². The summed E-state index contributed by atoms with van der Waals surface area (Å²) < 4.78 is 0. The van der Waals surface area contributed by atoms with E-state index in [0.717, 1.165) is 12.0 Å². The number of carbonyl (C=O) groups excluding carboxylic acids is 2. The summed E-state index contributed by atoms with van der Waals surface area (Å²) in [6.45, 7) is 5.35. The lowest BCUT2D eigenvalue weighted by Gasteiger charge is -2.41. The smallest absolute Gasteiger partial charge is 0.254 e. The maximum absolute atomic E-state index is 12.7. The van der Waals surface area contributed by atoms with Gasteiger partial charge in [0.05, 0.1) is 0 Å². The van der Waals surface area contributed by atoms with Gasteiger partial charge in [0.15, 0.2) is 0 Å². The first-order chi connectivity index (χ1) is 12.5. The van der Waals surface area contributed by atoms with Crippen LogP contribution in [-0.4, -0.2) is 40.7 Å². The molecule has 0 aromatic heterocycles. The summed E-state index contributed by atoms with van der Waals surface area (Å²) in [5.41, 5.74) is 2.87. The Hall–Kier alpha value is -2.33. The highest BCUT2D eigenvalue weighted by atomic mass is 35.5. The van der Waals surface area contributed by atoms with E-state index in [9.17, 15) is 9.59 Å². The lowest BCUT2D eigenvalue weighted by Crippen LogP contribution is -2.57. The first-order valence-electron chi connectivity index (χ1n) is 8.87. The quantitative estimate of drug-likeness (QED) is 0.818. The number of amides is 2. The molecule has 0 radical (unpaired) electrons. The monoisotopic (exact) mass is 370 g/mol. The van der Waals surface area contributed by atoms with Crippen LogP contribution < -0.4 is 0 Å². The van der Waals surface area contributed by atoms with Crippen LogP contribution in [0.2, 0.25) is 5.02 Å². The van der Waals surface area contributed by atoms with Gasteiger partial charge < -0.3 is 9.80 Å². The predicted molar refractivity (Wildman–Crippen MR) is 103 cm³/mol. The van der Waals surface area contributed by atoms with Gasteiger partial charge in [0.1, 0.15) is 6.54 Å². The van der Waals surface area contributed by atoms with Gasteiger partial charge in [-0.25, -0.2) is 0 Å². The summed E-state index contributed by atoms with van der Waals surface area (Å²) in [5, 5.41) is 0.590. The second kappa shape index (κ2) is 7.92. The molecule has 136 valence electrons. The van der Waals surface area contributed by atoms with E-state index in [2.05, 4.69) is 31.2 Å². The molecule has 26 heavy (non-hydrogen) atoms. The summed E-state index contributed by atoms with van der Waals surface area (Å²) in [6, 6.07) is 15.0.